The maximum absolute atomic E-state index is 6.38. The first-order chi connectivity index (χ1) is 10.4. The number of fused-ring (bicyclic) bond motifs is 1. The van der Waals surface area contributed by atoms with Gasteiger partial charge in [-0.05, 0) is 61.0 Å². The van der Waals surface area contributed by atoms with Gasteiger partial charge < -0.3 is 4.74 Å². The minimum atomic E-state index is 0.379. The topological polar surface area (TPSA) is 9.23 Å². The molecule has 0 spiro atoms. The van der Waals surface area contributed by atoms with E-state index in [1.54, 1.807) is 0 Å². The fraction of sp³-hybridized carbons (Fsp3) is 0.524. The summed E-state index contributed by atoms with van der Waals surface area (Å²) < 4.78 is 6.38. The maximum Gasteiger partial charge on any atom is 0.127 e. The Hall–Kier alpha value is -1.50. The zero-order valence-electron chi connectivity index (χ0n) is 14.4. The Morgan fingerprint density at radius 2 is 1.50 bits per heavy atom. The lowest BCUT2D eigenvalue weighted by Gasteiger charge is -2.37. The Morgan fingerprint density at radius 3 is 2.18 bits per heavy atom. The predicted molar refractivity (Wildman–Crippen MR) is 94.5 cm³/mol. The van der Waals surface area contributed by atoms with Crippen LogP contribution in [0.2, 0.25) is 0 Å². The average Bonchev–Trinajstić information content (AvgIpc) is 2.48. The van der Waals surface area contributed by atoms with Crippen molar-refractivity contribution in [3.8, 4) is 5.75 Å². The lowest BCUT2D eigenvalue weighted by atomic mass is 9.72. The summed E-state index contributed by atoms with van der Waals surface area (Å²) in [6.07, 6.45) is 5.33. The van der Waals surface area contributed by atoms with Crippen LogP contribution in [0.15, 0.2) is 36.4 Å². The molecular formula is C21H28O. The van der Waals surface area contributed by atoms with E-state index in [-0.39, 0.29) is 0 Å². The monoisotopic (exact) mass is 296 g/mol. The molecule has 3 rings (SSSR count). The van der Waals surface area contributed by atoms with Gasteiger partial charge in [0, 0.05) is 5.39 Å². The van der Waals surface area contributed by atoms with Gasteiger partial charge in [0.15, 0.2) is 0 Å². The van der Waals surface area contributed by atoms with Gasteiger partial charge in [-0.1, -0.05) is 51.1 Å². The van der Waals surface area contributed by atoms with Gasteiger partial charge in [-0.25, -0.2) is 0 Å². The molecule has 1 heteroatoms. The molecule has 2 aromatic carbocycles. The Balaban J connectivity index is 1.74. The van der Waals surface area contributed by atoms with Crippen LogP contribution in [0.25, 0.3) is 10.8 Å². The van der Waals surface area contributed by atoms with Gasteiger partial charge in [-0.15, -0.1) is 0 Å². The van der Waals surface area contributed by atoms with Crippen LogP contribution in [0.5, 0.6) is 5.75 Å². The Morgan fingerprint density at radius 1 is 0.864 bits per heavy atom. The first-order valence-electron chi connectivity index (χ1n) is 8.60. The van der Waals surface area contributed by atoms with E-state index in [1.165, 1.54) is 42.0 Å². The van der Waals surface area contributed by atoms with Crippen molar-refractivity contribution < 1.29 is 4.74 Å². The average molecular weight is 296 g/mol. The highest BCUT2D eigenvalue weighted by molar-refractivity contribution is 5.90. The van der Waals surface area contributed by atoms with E-state index in [0.717, 1.165) is 11.7 Å². The molecule has 1 saturated carbocycles. The molecule has 1 fully saturated rings. The Labute approximate surface area is 134 Å². The van der Waals surface area contributed by atoms with E-state index in [0.29, 0.717) is 11.5 Å². The van der Waals surface area contributed by atoms with Gasteiger partial charge in [0.1, 0.15) is 5.75 Å². The fourth-order valence-corrected chi connectivity index (χ4v) is 3.77. The number of ether oxygens (including phenoxy) is 1. The van der Waals surface area contributed by atoms with E-state index in [4.69, 9.17) is 4.74 Å². The van der Waals surface area contributed by atoms with Crippen molar-refractivity contribution in [3.05, 3.63) is 42.0 Å². The molecule has 0 aliphatic heterocycles. The van der Waals surface area contributed by atoms with E-state index >= 15 is 0 Å². The van der Waals surface area contributed by atoms with Gasteiger partial charge in [0.25, 0.3) is 0 Å². The second kappa shape index (κ2) is 5.95. The van der Waals surface area contributed by atoms with E-state index in [9.17, 15) is 0 Å². The summed E-state index contributed by atoms with van der Waals surface area (Å²) >= 11 is 0. The van der Waals surface area contributed by atoms with Crippen LogP contribution < -0.4 is 4.74 Å². The molecule has 1 aliphatic rings. The van der Waals surface area contributed by atoms with Gasteiger partial charge in [0.05, 0.1) is 6.10 Å². The van der Waals surface area contributed by atoms with E-state index in [2.05, 4.69) is 64.1 Å². The third-order valence-electron chi connectivity index (χ3n) is 5.29. The number of benzene rings is 2. The summed E-state index contributed by atoms with van der Waals surface area (Å²) in [5, 5.41) is 2.56. The molecule has 22 heavy (non-hydrogen) atoms. The number of hydrogen-bond acceptors (Lipinski definition) is 1. The zero-order valence-corrected chi connectivity index (χ0v) is 14.4. The molecule has 1 aliphatic carbocycles. The van der Waals surface area contributed by atoms with Gasteiger partial charge in [0.2, 0.25) is 0 Å². The summed E-state index contributed by atoms with van der Waals surface area (Å²) in [6.45, 7) is 9.27. The maximum atomic E-state index is 6.38. The first-order valence-corrected chi connectivity index (χ1v) is 8.60. The van der Waals surface area contributed by atoms with E-state index in [1.807, 2.05) is 0 Å². The van der Waals surface area contributed by atoms with E-state index < -0.39 is 0 Å². The molecule has 0 unspecified atom stereocenters. The van der Waals surface area contributed by atoms with Gasteiger partial charge in [-0.2, -0.15) is 0 Å². The summed E-state index contributed by atoms with van der Waals surface area (Å²) in [5.41, 5.74) is 1.75. The minimum absolute atomic E-state index is 0.379. The molecule has 118 valence electrons. The highest BCUT2D eigenvalue weighted by Crippen LogP contribution is 2.39. The summed E-state index contributed by atoms with van der Waals surface area (Å²) in [7, 11) is 0. The second-order valence-corrected chi connectivity index (χ2v) is 7.88. The third kappa shape index (κ3) is 3.14. The molecule has 0 bridgehead atoms. The van der Waals surface area contributed by atoms with Crippen molar-refractivity contribution >= 4 is 10.8 Å². The SMILES string of the molecule is Cc1cccc2c(OC3CCC(C(C)(C)C)CC3)cccc12. The standard InChI is InChI=1S/C21H28O/c1-15-7-5-9-19-18(15)8-6-10-20(19)22-17-13-11-16(12-14-17)21(2,3)4/h5-10,16-17H,11-14H2,1-4H3. The highest BCUT2D eigenvalue weighted by atomic mass is 16.5. The normalized spacial score (nSPS) is 22.7. The predicted octanol–water partition coefficient (Wildman–Crippen LogP) is 6.13. The van der Waals surface area contributed by atoms with Crippen molar-refractivity contribution in [1.82, 2.24) is 0 Å². The van der Waals surface area contributed by atoms with Crippen molar-refractivity contribution in [2.45, 2.75) is 59.5 Å². The van der Waals surface area contributed by atoms with Crippen LogP contribution in [-0.4, -0.2) is 6.10 Å². The lowest BCUT2D eigenvalue weighted by Crippen LogP contribution is -2.30. The smallest absolute Gasteiger partial charge is 0.127 e. The van der Waals surface area contributed by atoms with Crippen LogP contribution in [0.3, 0.4) is 0 Å². The Kier molecular flexibility index (Phi) is 4.16. The van der Waals surface area contributed by atoms with Gasteiger partial charge >= 0.3 is 0 Å². The highest BCUT2D eigenvalue weighted by Gasteiger charge is 2.30. The third-order valence-corrected chi connectivity index (χ3v) is 5.29. The van der Waals surface area contributed by atoms with Crippen LogP contribution in [0.4, 0.5) is 0 Å². The minimum Gasteiger partial charge on any atom is -0.490 e. The van der Waals surface area contributed by atoms with Crippen LogP contribution >= 0.6 is 0 Å². The van der Waals surface area contributed by atoms with Crippen LogP contribution in [0.1, 0.15) is 52.0 Å². The zero-order chi connectivity index (χ0) is 15.7. The van der Waals surface area contributed by atoms with Crippen molar-refractivity contribution in [2.24, 2.45) is 11.3 Å². The molecule has 1 nitrogen and oxygen atoms in total. The fourth-order valence-electron chi connectivity index (χ4n) is 3.77. The molecule has 0 N–H and O–H groups in total. The van der Waals surface area contributed by atoms with Crippen LogP contribution in [-0.2, 0) is 0 Å². The first kappa shape index (κ1) is 15.4. The summed E-state index contributed by atoms with van der Waals surface area (Å²) in [6, 6.07) is 12.9. The molecule has 0 radical (unpaired) electrons. The van der Waals surface area contributed by atoms with Crippen molar-refractivity contribution in [3.63, 3.8) is 0 Å². The van der Waals surface area contributed by atoms with Gasteiger partial charge in [-0.3, -0.25) is 0 Å². The molecule has 0 atom stereocenters. The molecule has 0 amide bonds. The molecular weight excluding hydrogens is 268 g/mol. The Bertz CT molecular complexity index is 642. The molecule has 0 heterocycles. The molecule has 2 aromatic rings. The number of rotatable bonds is 2. The number of hydrogen-bond donors (Lipinski definition) is 0. The largest absolute Gasteiger partial charge is 0.490 e. The molecule has 0 saturated heterocycles. The van der Waals surface area contributed by atoms with Crippen molar-refractivity contribution in [2.75, 3.05) is 0 Å². The summed E-state index contributed by atoms with van der Waals surface area (Å²) in [5.74, 6) is 1.89. The second-order valence-electron chi connectivity index (χ2n) is 7.88. The molecule has 0 aromatic heterocycles. The summed E-state index contributed by atoms with van der Waals surface area (Å²) in [4.78, 5) is 0. The van der Waals surface area contributed by atoms with Crippen LogP contribution in [0, 0.1) is 18.3 Å². The van der Waals surface area contributed by atoms with Crippen molar-refractivity contribution in [1.29, 1.82) is 0 Å². The lowest BCUT2D eigenvalue weighted by molar-refractivity contribution is 0.0892. The quantitative estimate of drug-likeness (QED) is 0.647. The number of aryl methyl sites for hydroxylation is 1.